The first kappa shape index (κ1) is 14.7. The molecule has 0 bridgehead atoms. The van der Waals surface area contributed by atoms with E-state index in [4.69, 9.17) is 4.98 Å². The molecule has 1 saturated carbocycles. The Morgan fingerprint density at radius 2 is 2.05 bits per heavy atom. The second-order valence-corrected chi connectivity index (χ2v) is 5.91. The van der Waals surface area contributed by atoms with Gasteiger partial charge in [-0.05, 0) is 25.0 Å². The van der Waals surface area contributed by atoms with Gasteiger partial charge in [0.15, 0.2) is 0 Å². The van der Waals surface area contributed by atoms with Gasteiger partial charge < -0.3 is 0 Å². The third-order valence-electron chi connectivity index (χ3n) is 4.22. The Balaban J connectivity index is 1.99. The number of rotatable bonds is 3. The molecule has 0 aliphatic heterocycles. The van der Waals surface area contributed by atoms with Gasteiger partial charge in [0.05, 0.1) is 11.7 Å². The van der Waals surface area contributed by atoms with Gasteiger partial charge in [0.1, 0.15) is 0 Å². The van der Waals surface area contributed by atoms with Gasteiger partial charge in [0, 0.05) is 29.5 Å². The lowest BCUT2D eigenvalue weighted by Crippen LogP contribution is -2.12. The molecular formula is C18H21N3O. The van der Waals surface area contributed by atoms with Crippen molar-refractivity contribution >= 4 is 23.0 Å². The van der Waals surface area contributed by atoms with Crippen LogP contribution < -0.4 is 5.43 Å². The Labute approximate surface area is 130 Å². The first-order valence-corrected chi connectivity index (χ1v) is 7.93. The fourth-order valence-electron chi connectivity index (χ4n) is 3.13. The van der Waals surface area contributed by atoms with Gasteiger partial charge in [-0.2, -0.15) is 5.10 Å². The largest absolute Gasteiger partial charge is 0.274 e. The van der Waals surface area contributed by atoms with Crippen molar-refractivity contribution in [3.63, 3.8) is 0 Å². The van der Waals surface area contributed by atoms with Crippen molar-refractivity contribution in [1.29, 1.82) is 0 Å². The zero-order chi connectivity index (χ0) is 15.4. The van der Waals surface area contributed by atoms with E-state index in [0.29, 0.717) is 5.92 Å². The number of benzene rings is 1. The molecule has 0 atom stereocenters. The molecule has 1 aliphatic carbocycles. The van der Waals surface area contributed by atoms with Crippen LogP contribution in [0.15, 0.2) is 35.4 Å². The highest BCUT2D eigenvalue weighted by atomic mass is 16.2. The highest BCUT2D eigenvalue weighted by Gasteiger charge is 2.18. The van der Waals surface area contributed by atoms with E-state index in [-0.39, 0.29) is 5.91 Å². The van der Waals surface area contributed by atoms with Gasteiger partial charge in [-0.3, -0.25) is 9.78 Å². The predicted octanol–water partition coefficient (Wildman–Crippen LogP) is 3.75. The summed E-state index contributed by atoms with van der Waals surface area (Å²) >= 11 is 0. The number of aromatic nitrogens is 1. The average Bonchev–Trinajstić information content (AvgIpc) is 2.55. The molecule has 1 aromatic carbocycles. The highest BCUT2D eigenvalue weighted by molar-refractivity contribution is 5.98. The molecule has 0 spiro atoms. The smallest absolute Gasteiger partial charge is 0.236 e. The molecule has 2 aromatic rings. The van der Waals surface area contributed by atoms with Crippen LogP contribution in [0.4, 0.5) is 0 Å². The topological polar surface area (TPSA) is 54.4 Å². The van der Waals surface area contributed by atoms with Crippen molar-refractivity contribution in [2.75, 3.05) is 0 Å². The van der Waals surface area contributed by atoms with Gasteiger partial charge >= 0.3 is 0 Å². The van der Waals surface area contributed by atoms with Gasteiger partial charge in [0.25, 0.3) is 0 Å². The second-order valence-electron chi connectivity index (χ2n) is 5.91. The molecule has 0 radical (unpaired) electrons. The summed E-state index contributed by atoms with van der Waals surface area (Å²) in [6, 6.07) is 10.2. The van der Waals surface area contributed by atoms with Crippen LogP contribution in [0.3, 0.4) is 0 Å². The first-order chi connectivity index (χ1) is 10.7. The number of para-hydroxylation sites is 1. The van der Waals surface area contributed by atoms with Crippen LogP contribution in [-0.4, -0.2) is 17.1 Å². The maximum atomic E-state index is 11.0. The molecule has 1 amide bonds. The van der Waals surface area contributed by atoms with E-state index in [0.717, 1.165) is 22.2 Å². The standard InChI is InChI=1S/C18H21N3O/c1-13(22)21-19-12-15-11-18(14-7-3-2-4-8-14)20-17-10-6-5-9-16(15)17/h5-6,9-12,14H,2-4,7-8H2,1H3,(H,21,22)/b19-12+. The molecule has 1 fully saturated rings. The molecule has 4 heteroatoms. The Bertz CT molecular complexity index is 703. The molecule has 3 rings (SSSR count). The lowest BCUT2D eigenvalue weighted by Gasteiger charge is -2.21. The number of amides is 1. The summed E-state index contributed by atoms with van der Waals surface area (Å²) in [5, 5.41) is 5.09. The monoisotopic (exact) mass is 295 g/mol. The van der Waals surface area contributed by atoms with E-state index >= 15 is 0 Å². The number of carbonyl (C=O) groups excluding carboxylic acids is 1. The maximum absolute atomic E-state index is 11.0. The minimum absolute atomic E-state index is 0.165. The molecule has 0 saturated heterocycles. The van der Waals surface area contributed by atoms with Crippen LogP contribution in [0, 0.1) is 0 Å². The number of nitrogens with zero attached hydrogens (tertiary/aromatic N) is 2. The second kappa shape index (κ2) is 6.69. The van der Waals surface area contributed by atoms with E-state index < -0.39 is 0 Å². The van der Waals surface area contributed by atoms with E-state index in [2.05, 4.69) is 16.6 Å². The zero-order valence-electron chi connectivity index (χ0n) is 12.9. The lowest BCUT2D eigenvalue weighted by atomic mass is 9.86. The van der Waals surface area contributed by atoms with Crippen LogP contribution in [-0.2, 0) is 4.79 Å². The minimum atomic E-state index is -0.165. The lowest BCUT2D eigenvalue weighted by molar-refractivity contribution is -0.118. The number of hydrogen-bond acceptors (Lipinski definition) is 3. The summed E-state index contributed by atoms with van der Waals surface area (Å²) in [7, 11) is 0. The van der Waals surface area contributed by atoms with Crippen molar-refractivity contribution in [1.82, 2.24) is 10.4 Å². The number of fused-ring (bicyclic) bond motifs is 1. The number of carbonyl (C=O) groups is 1. The third-order valence-corrected chi connectivity index (χ3v) is 4.22. The molecule has 1 aromatic heterocycles. The van der Waals surface area contributed by atoms with Crippen molar-refractivity contribution in [2.45, 2.75) is 44.9 Å². The van der Waals surface area contributed by atoms with E-state index in [1.165, 1.54) is 39.0 Å². The molecular weight excluding hydrogens is 274 g/mol. The van der Waals surface area contributed by atoms with Crippen LogP contribution in [0.25, 0.3) is 10.9 Å². The van der Waals surface area contributed by atoms with Gasteiger partial charge in [-0.1, -0.05) is 37.5 Å². The fraction of sp³-hybridized carbons (Fsp3) is 0.389. The summed E-state index contributed by atoms with van der Waals surface area (Å²) in [4.78, 5) is 15.8. The van der Waals surface area contributed by atoms with Gasteiger partial charge in [-0.25, -0.2) is 5.43 Å². The molecule has 4 nitrogen and oxygen atoms in total. The van der Waals surface area contributed by atoms with Crippen molar-refractivity contribution in [3.8, 4) is 0 Å². The zero-order valence-corrected chi connectivity index (χ0v) is 12.9. The summed E-state index contributed by atoms with van der Waals surface area (Å²) in [6.07, 6.45) is 8.06. The van der Waals surface area contributed by atoms with Crippen LogP contribution in [0.5, 0.6) is 0 Å². The van der Waals surface area contributed by atoms with Gasteiger partial charge in [-0.15, -0.1) is 0 Å². The number of hydrogen-bond donors (Lipinski definition) is 1. The quantitative estimate of drug-likeness (QED) is 0.692. The van der Waals surface area contributed by atoms with E-state index in [9.17, 15) is 4.79 Å². The first-order valence-electron chi connectivity index (χ1n) is 7.93. The molecule has 0 unspecified atom stereocenters. The van der Waals surface area contributed by atoms with Gasteiger partial charge in [0.2, 0.25) is 5.91 Å². The summed E-state index contributed by atoms with van der Waals surface area (Å²) < 4.78 is 0. The SMILES string of the molecule is CC(=O)N/N=C/c1cc(C2CCCCC2)nc2ccccc12. The Hall–Kier alpha value is -2.23. The number of hydrazone groups is 1. The number of pyridine rings is 1. The molecule has 114 valence electrons. The molecule has 1 heterocycles. The molecule has 1 N–H and O–H groups in total. The normalized spacial score (nSPS) is 16.2. The van der Waals surface area contributed by atoms with Crippen LogP contribution >= 0.6 is 0 Å². The fourth-order valence-corrected chi connectivity index (χ4v) is 3.13. The highest BCUT2D eigenvalue weighted by Crippen LogP contribution is 2.33. The molecule has 22 heavy (non-hydrogen) atoms. The maximum Gasteiger partial charge on any atom is 0.236 e. The Morgan fingerprint density at radius 1 is 1.27 bits per heavy atom. The van der Waals surface area contributed by atoms with E-state index in [1.54, 1.807) is 6.21 Å². The Kier molecular flexibility index (Phi) is 4.47. The minimum Gasteiger partial charge on any atom is -0.274 e. The van der Waals surface area contributed by atoms with Crippen LogP contribution in [0.2, 0.25) is 0 Å². The summed E-state index contributed by atoms with van der Waals surface area (Å²) in [5.41, 5.74) is 5.63. The third kappa shape index (κ3) is 3.32. The Morgan fingerprint density at radius 3 is 2.82 bits per heavy atom. The summed E-state index contributed by atoms with van der Waals surface area (Å²) in [5.74, 6) is 0.383. The number of nitrogens with one attached hydrogen (secondary N) is 1. The van der Waals surface area contributed by atoms with Crippen molar-refractivity contribution in [3.05, 3.63) is 41.6 Å². The van der Waals surface area contributed by atoms with Crippen molar-refractivity contribution < 1.29 is 4.79 Å². The average molecular weight is 295 g/mol. The summed E-state index contributed by atoms with van der Waals surface area (Å²) in [6.45, 7) is 1.45. The predicted molar refractivity (Wildman–Crippen MR) is 89.0 cm³/mol. The molecule has 1 aliphatic rings. The van der Waals surface area contributed by atoms with Crippen molar-refractivity contribution in [2.24, 2.45) is 5.10 Å². The van der Waals surface area contributed by atoms with Crippen LogP contribution in [0.1, 0.15) is 56.2 Å². The van der Waals surface area contributed by atoms with E-state index in [1.807, 2.05) is 24.3 Å².